The van der Waals surface area contributed by atoms with Gasteiger partial charge in [0, 0.05) is 4.88 Å². The average Bonchev–Trinajstić information content (AvgIpc) is 2.83. The van der Waals surface area contributed by atoms with Crippen molar-refractivity contribution in [1.29, 1.82) is 0 Å². The van der Waals surface area contributed by atoms with Crippen LogP contribution in [0.4, 0.5) is 0 Å². The highest BCUT2D eigenvalue weighted by Crippen LogP contribution is 2.19. The van der Waals surface area contributed by atoms with Gasteiger partial charge in [0.25, 0.3) is 5.91 Å². The summed E-state index contributed by atoms with van der Waals surface area (Å²) in [5.41, 5.74) is 5.51. The van der Waals surface area contributed by atoms with Gasteiger partial charge in [-0.25, -0.2) is 0 Å². The quantitative estimate of drug-likeness (QED) is 0.852. The lowest BCUT2D eigenvalue weighted by molar-refractivity contribution is 0.0916. The molecule has 1 amide bonds. The molecule has 19 heavy (non-hydrogen) atoms. The van der Waals surface area contributed by atoms with Gasteiger partial charge in [0.2, 0.25) is 5.78 Å². The Labute approximate surface area is 114 Å². The molecule has 0 fully saturated rings. The second-order valence-corrected chi connectivity index (χ2v) is 5.27. The molecule has 2 rings (SSSR count). The molecule has 98 valence electrons. The third-order valence-corrected chi connectivity index (χ3v) is 3.57. The van der Waals surface area contributed by atoms with E-state index in [0.29, 0.717) is 10.6 Å². The van der Waals surface area contributed by atoms with E-state index in [1.165, 1.54) is 11.3 Å². The van der Waals surface area contributed by atoms with Crippen molar-refractivity contribution in [3.05, 3.63) is 51.7 Å². The third-order valence-electron chi connectivity index (χ3n) is 2.53. The summed E-state index contributed by atoms with van der Waals surface area (Å²) >= 11 is 1.42. The van der Waals surface area contributed by atoms with Crippen LogP contribution < -0.4 is 10.5 Å². The number of aryl methyl sites for hydroxylation is 1. The molecule has 2 N–H and O–H groups in total. The van der Waals surface area contributed by atoms with Gasteiger partial charge in [-0.3, -0.25) is 9.59 Å². The molecule has 0 aliphatic rings. The lowest BCUT2D eigenvalue weighted by atomic mass is 10.2. The van der Waals surface area contributed by atoms with Gasteiger partial charge in [-0.05, 0) is 31.2 Å². The standard InChI is InChI=1S/C14H13NO3S/c1-9-6-7-13(19-9)11(16)8-18-12-5-3-2-4-10(12)14(15)17/h2-7H,8H2,1H3,(H2,15,17). The van der Waals surface area contributed by atoms with E-state index in [0.717, 1.165) is 4.88 Å². The lowest BCUT2D eigenvalue weighted by Crippen LogP contribution is -2.16. The molecular weight excluding hydrogens is 262 g/mol. The molecule has 4 nitrogen and oxygen atoms in total. The number of hydrogen-bond donors (Lipinski definition) is 1. The molecule has 0 atom stereocenters. The largest absolute Gasteiger partial charge is 0.485 e. The highest BCUT2D eigenvalue weighted by Gasteiger charge is 2.12. The van der Waals surface area contributed by atoms with E-state index in [-0.39, 0.29) is 18.0 Å². The molecule has 0 saturated carbocycles. The van der Waals surface area contributed by atoms with Crippen LogP contribution in [0.25, 0.3) is 0 Å². The van der Waals surface area contributed by atoms with E-state index in [1.807, 2.05) is 13.0 Å². The van der Waals surface area contributed by atoms with Crippen molar-refractivity contribution < 1.29 is 14.3 Å². The van der Waals surface area contributed by atoms with Gasteiger partial charge in [-0.1, -0.05) is 12.1 Å². The smallest absolute Gasteiger partial charge is 0.252 e. The average molecular weight is 275 g/mol. The molecule has 0 bridgehead atoms. The van der Waals surface area contributed by atoms with Gasteiger partial charge in [-0.15, -0.1) is 11.3 Å². The number of amides is 1. The minimum atomic E-state index is -0.574. The van der Waals surface area contributed by atoms with Crippen molar-refractivity contribution in [2.45, 2.75) is 6.92 Å². The maximum atomic E-state index is 11.9. The predicted octanol–water partition coefficient (Wildman–Crippen LogP) is 2.42. The fourth-order valence-corrected chi connectivity index (χ4v) is 2.39. The van der Waals surface area contributed by atoms with Gasteiger partial charge in [0.15, 0.2) is 6.61 Å². The van der Waals surface area contributed by atoms with E-state index in [2.05, 4.69) is 0 Å². The van der Waals surface area contributed by atoms with Crippen molar-refractivity contribution in [2.75, 3.05) is 6.61 Å². The first-order valence-electron chi connectivity index (χ1n) is 5.69. The zero-order valence-corrected chi connectivity index (χ0v) is 11.2. The van der Waals surface area contributed by atoms with Crippen LogP contribution in [0.15, 0.2) is 36.4 Å². The Hall–Kier alpha value is -2.14. The molecule has 1 aromatic carbocycles. The summed E-state index contributed by atoms with van der Waals surface area (Å²) in [7, 11) is 0. The minimum Gasteiger partial charge on any atom is -0.485 e. The van der Waals surface area contributed by atoms with Gasteiger partial charge in [0.1, 0.15) is 5.75 Å². The number of rotatable bonds is 5. The molecule has 0 saturated heterocycles. The number of Topliss-reactive ketones (excluding diaryl/α,β-unsaturated/α-hetero) is 1. The summed E-state index contributed by atoms with van der Waals surface area (Å²) in [6.45, 7) is 1.83. The van der Waals surface area contributed by atoms with E-state index in [1.54, 1.807) is 30.3 Å². The fourth-order valence-electron chi connectivity index (χ4n) is 1.59. The number of carbonyl (C=O) groups excluding carboxylic acids is 2. The molecule has 0 aliphatic carbocycles. The molecule has 0 aliphatic heterocycles. The van der Waals surface area contributed by atoms with Gasteiger partial charge < -0.3 is 10.5 Å². The number of carbonyl (C=O) groups is 2. The maximum Gasteiger partial charge on any atom is 0.252 e. The summed E-state index contributed by atoms with van der Waals surface area (Å²) < 4.78 is 5.38. The van der Waals surface area contributed by atoms with Crippen LogP contribution in [-0.4, -0.2) is 18.3 Å². The zero-order chi connectivity index (χ0) is 13.8. The molecule has 1 heterocycles. The highest BCUT2D eigenvalue weighted by atomic mass is 32.1. The molecule has 0 unspecified atom stereocenters. The maximum absolute atomic E-state index is 11.9. The Kier molecular flexibility index (Phi) is 3.97. The van der Waals surface area contributed by atoms with Crippen LogP contribution in [0, 0.1) is 6.92 Å². The molecular formula is C14H13NO3S. The second-order valence-electron chi connectivity index (χ2n) is 3.98. The number of nitrogens with two attached hydrogens (primary N) is 1. The number of benzene rings is 1. The van der Waals surface area contributed by atoms with Crippen LogP contribution in [0.1, 0.15) is 24.9 Å². The SMILES string of the molecule is Cc1ccc(C(=O)COc2ccccc2C(N)=O)s1. The summed E-state index contributed by atoms with van der Waals surface area (Å²) in [6.07, 6.45) is 0. The Morgan fingerprint density at radius 3 is 2.58 bits per heavy atom. The Balaban J connectivity index is 2.07. The molecule has 0 spiro atoms. The summed E-state index contributed by atoms with van der Waals surface area (Å²) in [4.78, 5) is 24.8. The van der Waals surface area contributed by atoms with Gasteiger partial charge >= 0.3 is 0 Å². The van der Waals surface area contributed by atoms with E-state index in [4.69, 9.17) is 10.5 Å². The van der Waals surface area contributed by atoms with Crippen LogP contribution in [0.3, 0.4) is 0 Å². The van der Waals surface area contributed by atoms with Crippen molar-refractivity contribution in [3.8, 4) is 5.75 Å². The Bertz CT molecular complexity index is 619. The number of ether oxygens (including phenoxy) is 1. The van der Waals surface area contributed by atoms with Crippen molar-refractivity contribution in [1.82, 2.24) is 0 Å². The molecule has 5 heteroatoms. The summed E-state index contributed by atoms with van der Waals surface area (Å²) in [5, 5.41) is 0. The number of hydrogen-bond acceptors (Lipinski definition) is 4. The Morgan fingerprint density at radius 2 is 1.95 bits per heavy atom. The van der Waals surface area contributed by atoms with Crippen molar-refractivity contribution in [2.24, 2.45) is 5.73 Å². The number of primary amides is 1. The first-order chi connectivity index (χ1) is 9.08. The number of ketones is 1. The fraction of sp³-hybridized carbons (Fsp3) is 0.143. The van der Waals surface area contributed by atoms with E-state index < -0.39 is 5.91 Å². The van der Waals surface area contributed by atoms with Crippen molar-refractivity contribution >= 4 is 23.0 Å². The number of para-hydroxylation sites is 1. The van der Waals surface area contributed by atoms with E-state index >= 15 is 0 Å². The minimum absolute atomic E-state index is 0.107. The molecule has 0 radical (unpaired) electrons. The monoisotopic (exact) mass is 275 g/mol. The summed E-state index contributed by atoms with van der Waals surface area (Å²) in [6, 6.07) is 10.3. The van der Waals surface area contributed by atoms with Crippen molar-refractivity contribution in [3.63, 3.8) is 0 Å². The zero-order valence-electron chi connectivity index (χ0n) is 10.4. The van der Waals surface area contributed by atoms with Crippen LogP contribution in [-0.2, 0) is 0 Å². The Morgan fingerprint density at radius 1 is 1.21 bits per heavy atom. The second kappa shape index (κ2) is 5.67. The lowest BCUT2D eigenvalue weighted by Gasteiger charge is -2.07. The molecule has 1 aromatic heterocycles. The molecule has 2 aromatic rings. The van der Waals surface area contributed by atoms with Gasteiger partial charge in [0.05, 0.1) is 10.4 Å². The van der Waals surface area contributed by atoms with Crippen LogP contribution >= 0.6 is 11.3 Å². The normalized spacial score (nSPS) is 10.2. The van der Waals surface area contributed by atoms with E-state index in [9.17, 15) is 9.59 Å². The van der Waals surface area contributed by atoms with Crippen LogP contribution in [0.2, 0.25) is 0 Å². The number of thiophene rings is 1. The van der Waals surface area contributed by atoms with Crippen LogP contribution in [0.5, 0.6) is 5.75 Å². The van der Waals surface area contributed by atoms with Gasteiger partial charge in [-0.2, -0.15) is 0 Å². The third kappa shape index (κ3) is 3.20. The first-order valence-corrected chi connectivity index (χ1v) is 6.51. The predicted molar refractivity (Wildman–Crippen MR) is 73.8 cm³/mol. The first kappa shape index (κ1) is 13.3. The summed E-state index contributed by atoms with van der Waals surface area (Å²) in [5.74, 6) is -0.357. The topological polar surface area (TPSA) is 69.4 Å². The highest BCUT2D eigenvalue weighted by molar-refractivity contribution is 7.14.